The van der Waals surface area contributed by atoms with E-state index < -0.39 is 0 Å². The third-order valence-electron chi connectivity index (χ3n) is 2.13. The Kier molecular flexibility index (Phi) is 5.15. The van der Waals surface area contributed by atoms with Gasteiger partial charge in [0.15, 0.2) is 0 Å². The minimum absolute atomic E-state index is 0.0890. The zero-order valence-electron chi connectivity index (χ0n) is 9.29. The predicted molar refractivity (Wildman–Crippen MR) is 73.9 cm³/mol. The van der Waals surface area contributed by atoms with E-state index in [4.69, 9.17) is 5.73 Å². The first-order valence-electron chi connectivity index (χ1n) is 4.90. The smallest absolute Gasteiger partial charge is 0.251 e. The van der Waals surface area contributed by atoms with Crippen molar-refractivity contribution in [3.05, 3.63) is 28.2 Å². The highest BCUT2D eigenvalue weighted by atomic mass is 79.9. The molecular weight excluding hydrogens is 288 g/mol. The van der Waals surface area contributed by atoms with Gasteiger partial charge in [-0.15, -0.1) is 0 Å². The van der Waals surface area contributed by atoms with Gasteiger partial charge in [-0.1, -0.05) is 22.9 Å². The standard InChI is InChI=1S/C11H15BrN2OS/c1-7(16-2)6-14-11(15)8-3-9(12)5-10(13)4-8/h3-5,7H,6,13H2,1-2H3,(H,14,15). The van der Waals surface area contributed by atoms with Gasteiger partial charge >= 0.3 is 0 Å². The lowest BCUT2D eigenvalue weighted by Gasteiger charge is -2.10. The number of hydrogen-bond acceptors (Lipinski definition) is 3. The van der Waals surface area contributed by atoms with Gasteiger partial charge < -0.3 is 11.1 Å². The lowest BCUT2D eigenvalue weighted by Crippen LogP contribution is -2.29. The highest BCUT2D eigenvalue weighted by molar-refractivity contribution is 9.10. The molecule has 1 aromatic rings. The summed E-state index contributed by atoms with van der Waals surface area (Å²) < 4.78 is 0.815. The van der Waals surface area contributed by atoms with Crippen LogP contribution in [-0.2, 0) is 0 Å². The molecule has 16 heavy (non-hydrogen) atoms. The number of nitrogens with one attached hydrogen (secondary N) is 1. The number of halogens is 1. The maximum Gasteiger partial charge on any atom is 0.251 e. The van der Waals surface area contributed by atoms with Crippen LogP contribution in [0.4, 0.5) is 5.69 Å². The molecule has 5 heteroatoms. The summed E-state index contributed by atoms with van der Waals surface area (Å²) in [7, 11) is 0. The van der Waals surface area contributed by atoms with Crippen molar-refractivity contribution in [1.82, 2.24) is 5.32 Å². The molecule has 0 spiro atoms. The Balaban J connectivity index is 2.66. The van der Waals surface area contributed by atoms with Crippen LogP contribution in [0.2, 0.25) is 0 Å². The van der Waals surface area contributed by atoms with Gasteiger partial charge in [0.2, 0.25) is 0 Å². The number of anilines is 1. The molecule has 0 radical (unpaired) electrons. The SMILES string of the molecule is CSC(C)CNC(=O)c1cc(N)cc(Br)c1. The Labute approximate surface area is 108 Å². The van der Waals surface area contributed by atoms with Crippen LogP contribution in [0.25, 0.3) is 0 Å². The number of nitrogen functional groups attached to an aromatic ring is 1. The molecular formula is C11H15BrN2OS. The van der Waals surface area contributed by atoms with Crippen molar-refractivity contribution >= 4 is 39.3 Å². The molecule has 0 fully saturated rings. The zero-order valence-corrected chi connectivity index (χ0v) is 11.7. The molecule has 0 saturated carbocycles. The molecule has 0 saturated heterocycles. The average Bonchev–Trinajstić information content (AvgIpc) is 2.23. The van der Waals surface area contributed by atoms with Gasteiger partial charge in [-0.2, -0.15) is 11.8 Å². The van der Waals surface area contributed by atoms with E-state index in [-0.39, 0.29) is 5.91 Å². The van der Waals surface area contributed by atoms with Crippen molar-refractivity contribution in [2.75, 3.05) is 18.5 Å². The molecule has 0 heterocycles. The van der Waals surface area contributed by atoms with E-state index in [1.54, 1.807) is 30.0 Å². The first kappa shape index (κ1) is 13.4. The summed E-state index contributed by atoms with van der Waals surface area (Å²) in [4.78, 5) is 11.8. The molecule has 3 N–H and O–H groups in total. The third-order valence-corrected chi connectivity index (χ3v) is 3.56. The molecule has 0 aliphatic rings. The van der Waals surface area contributed by atoms with Gasteiger partial charge in [0.1, 0.15) is 0 Å². The maximum absolute atomic E-state index is 11.8. The zero-order chi connectivity index (χ0) is 12.1. The van der Waals surface area contributed by atoms with Crippen molar-refractivity contribution in [3.8, 4) is 0 Å². The normalized spacial score (nSPS) is 12.2. The van der Waals surface area contributed by atoms with E-state index >= 15 is 0 Å². The number of rotatable bonds is 4. The lowest BCUT2D eigenvalue weighted by atomic mass is 10.2. The average molecular weight is 303 g/mol. The molecule has 0 bridgehead atoms. The van der Waals surface area contributed by atoms with Gasteiger partial charge in [-0.3, -0.25) is 4.79 Å². The highest BCUT2D eigenvalue weighted by Crippen LogP contribution is 2.17. The van der Waals surface area contributed by atoms with E-state index in [0.29, 0.717) is 23.0 Å². The molecule has 0 aliphatic carbocycles. The molecule has 0 aliphatic heterocycles. The Morgan fingerprint density at radius 1 is 1.56 bits per heavy atom. The molecule has 0 aromatic heterocycles. The summed E-state index contributed by atoms with van der Waals surface area (Å²) in [6.45, 7) is 2.73. The second-order valence-electron chi connectivity index (χ2n) is 3.53. The number of carbonyl (C=O) groups is 1. The molecule has 88 valence electrons. The van der Waals surface area contributed by atoms with Crippen LogP contribution in [0.5, 0.6) is 0 Å². The summed E-state index contributed by atoms with van der Waals surface area (Å²) in [5.41, 5.74) is 6.83. The topological polar surface area (TPSA) is 55.1 Å². The summed E-state index contributed by atoms with van der Waals surface area (Å²) in [6.07, 6.45) is 2.02. The van der Waals surface area contributed by atoms with Gasteiger partial charge in [0, 0.05) is 27.5 Å². The van der Waals surface area contributed by atoms with E-state index in [2.05, 4.69) is 28.2 Å². The Morgan fingerprint density at radius 2 is 2.25 bits per heavy atom. The fraction of sp³-hybridized carbons (Fsp3) is 0.364. The fourth-order valence-electron chi connectivity index (χ4n) is 1.17. The van der Waals surface area contributed by atoms with Gasteiger partial charge in [-0.05, 0) is 24.5 Å². The van der Waals surface area contributed by atoms with Crippen LogP contribution in [0.3, 0.4) is 0 Å². The fourth-order valence-corrected chi connectivity index (χ4v) is 1.93. The number of thioether (sulfide) groups is 1. The monoisotopic (exact) mass is 302 g/mol. The van der Waals surface area contributed by atoms with Crippen LogP contribution in [-0.4, -0.2) is 24.0 Å². The lowest BCUT2D eigenvalue weighted by molar-refractivity contribution is 0.0954. The minimum Gasteiger partial charge on any atom is -0.399 e. The van der Waals surface area contributed by atoms with E-state index in [0.717, 1.165) is 4.47 Å². The van der Waals surface area contributed by atoms with Crippen molar-refractivity contribution in [2.24, 2.45) is 0 Å². The highest BCUT2D eigenvalue weighted by Gasteiger charge is 2.08. The van der Waals surface area contributed by atoms with Crippen molar-refractivity contribution in [3.63, 3.8) is 0 Å². The number of nitrogens with two attached hydrogens (primary N) is 1. The van der Waals surface area contributed by atoms with Crippen LogP contribution in [0.15, 0.2) is 22.7 Å². The van der Waals surface area contributed by atoms with Crippen LogP contribution in [0, 0.1) is 0 Å². The van der Waals surface area contributed by atoms with Crippen molar-refractivity contribution in [1.29, 1.82) is 0 Å². The molecule has 1 atom stereocenters. The van der Waals surface area contributed by atoms with E-state index in [1.165, 1.54) is 0 Å². The largest absolute Gasteiger partial charge is 0.399 e. The molecule has 1 unspecified atom stereocenters. The summed E-state index contributed by atoms with van der Waals surface area (Å²) in [5, 5.41) is 3.28. The van der Waals surface area contributed by atoms with Gasteiger partial charge in [0.25, 0.3) is 5.91 Å². The maximum atomic E-state index is 11.8. The summed E-state index contributed by atoms with van der Waals surface area (Å²) in [6, 6.07) is 5.20. The van der Waals surface area contributed by atoms with Crippen molar-refractivity contribution in [2.45, 2.75) is 12.2 Å². The van der Waals surface area contributed by atoms with Gasteiger partial charge in [-0.25, -0.2) is 0 Å². The van der Waals surface area contributed by atoms with Crippen LogP contribution < -0.4 is 11.1 Å². The van der Waals surface area contributed by atoms with E-state index in [9.17, 15) is 4.79 Å². The Bertz CT molecular complexity index is 364. The minimum atomic E-state index is -0.0890. The van der Waals surface area contributed by atoms with Crippen LogP contribution in [0.1, 0.15) is 17.3 Å². The van der Waals surface area contributed by atoms with Crippen LogP contribution >= 0.6 is 27.7 Å². The van der Waals surface area contributed by atoms with Crippen molar-refractivity contribution < 1.29 is 4.79 Å². The first-order valence-corrected chi connectivity index (χ1v) is 6.98. The third kappa shape index (κ3) is 4.06. The van der Waals surface area contributed by atoms with E-state index in [1.807, 2.05) is 6.26 Å². The van der Waals surface area contributed by atoms with Gasteiger partial charge in [0.05, 0.1) is 0 Å². The first-order chi connectivity index (χ1) is 7.52. The molecule has 1 amide bonds. The second-order valence-corrected chi connectivity index (χ2v) is 5.72. The molecule has 1 aromatic carbocycles. The quantitative estimate of drug-likeness (QED) is 0.840. The summed E-state index contributed by atoms with van der Waals surface area (Å²) >= 11 is 5.03. The predicted octanol–water partition coefficient (Wildman–Crippen LogP) is 2.51. The molecule has 3 nitrogen and oxygen atoms in total. The second kappa shape index (κ2) is 6.15. The summed E-state index contributed by atoms with van der Waals surface area (Å²) in [5.74, 6) is -0.0890. The Morgan fingerprint density at radius 3 is 2.81 bits per heavy atom. The number of benzene rings is 1. The number of hydrogen-bond donors (Lipinski definition) is 2. The molecule has 1 rings (SSSR count). The number of carbonyl (C=O) groups excluding carboxylic acids is 1. The Hall–Kier alpha value is -0.680. The number of amides is 1.